The Labute approximate surface area is 141 Å². The second-order valence-electron chi connectivity index (χ2n) is 7.86. The SMILES string of the molecule is CN1C(=O)C(C=N[C@H]2C(=O)[C@@]3(C)CC[C@H]2C3(C)C)C(=O)N(C)C1=O. The Kier molecular flexibility index (Phi) is 3.48. The summed E-state index contributed by atoms with van der Waals surface area (Å²) < 4.78 is 0. The standard InChI is InChI=1S/C17H23N3O4/c1-16(2)10-6-7-17(16,3)12(21)11(10)18-8-9-13(22)19(4)15(24)20(5)14(9)23/h8-11H,6-7H2,1-5H3/t10-,11-,17-/m1/s1. The third-order valence-corrected chi connectivity index (χ3v) is 6.66. The number of urea groups is 1. The molecule has 130 valence electrons. The van der Waals surface area contributed by atoms with Crippen molar-refractivity contribution in [2.45, 2.75) is 39.7 Å². The van der Waals surface area contributed by atoms with Gasteiger partial charge in [-0.2, -0.15) is 0 Å². The fourth-order valence-corrected chi connectivity index (χ4v) is 4.45. The van der Waals surface area contributed by atoms with Crippen LogP contribution in [0.3, 0.4) is 0 Å². The van der Waals surface area contributed by atoms with Crippen LogP contribution in [-0.2, 0) is 14.4 Å². The minimum atomic E-state index is -1.14. The summed E-state index contributed by atoms with van der Waals surface area (Å²) in [6.45, 7) is 6.17. The van der Waals surface area contributed by atoms with E-state index in [1.54, 1.807) is 0 Å². The second kappa shape index (κ2) is 4.97. The Bertz CT molecular complexity index is 659. The van der Waals surface area contributed by atoms with E-state index in [0.29, 0.717) is 0 Å². The molecule has 0 spiro atoms. The van der Waals surface area contributed by atoms with Crippen molar-refractivity contribution in [3.8, 4) is 0 Å². The Hall–Kier alpha value is -2.05. The molecule has 0 aromatic heterocycles. The molecule has 24 heavy (non-hydrogen) atoms. The molecular formula is C17H23N3O4. The van der Waals surface area contributed by atoms with Crippen LogP contribution >= 0.6 is 0 Å². The van der Waals surface area contributed by atoms with Gasteiger partial charge in [0.05, 0.1) is 0 Å². The molecule has 7 heteroatoms. The van der Waals surface area contributed by atoms with Gasteiger partial charge in [0.1, 0.15) is 6.04 Å². The monoisotopic (exact) mass is 333 g/mol. The number of barbiturate groups is 1. The van der Waals surface area contributed by atoms with Gasteiger partial charge in [0.25, 0.3) is 0 Å². The van der Waals surface area contributed by atoms with Gasteiger partial charge in [0.15, 0.2) is 11.7 Å². The lowest BCUT2D eigenvalue weighted by atomic mass is 9.70. The number of amides is 4. The minimum Gasteiger partial charge on any atom is -0.297 e. The van der Waals surface area contributed by atoms with Crippen molar-refractivity contribution < 1.29 is 19.2 Å². The summed E-state index contributed by atoms with van der Waals surface area (Å²) in [5, 5.41) is 0. The lowest BCUT2D eigenvalue weighted by Gasteiger charge is -2.31. The summed E-state index contributed by atoms with van der Waals surface area (Å²) in [6, 6.07) is -1.16. The zero-order valence-electron chi connectivity index (χ0n) is 14.7. The summed E-state index contributed by atoms with van der Waals surface area (Å²) in [5.41, 5.74) is -0.542. The maximum Gasteiger partial charge on any atom is 0.332 e. The van der Waals surface area contributed by atoms with Gasteiger partial charge in [0.2, 0.25) is 11.8 Å². The molecular weight excluding hydrogens is 310 g/mol. The first-order valence-corrected chi connectivity index (χ1v) is 8.20. The highest BCUT2D eigenvalue weighted by Gasteiger charge is 2.66. The van der Waals surface area contributed by atoms with Crippen molar-refractivity contribution >= 4 is 29.8 Å². The Morgan fingerprint density at radius 2 is 1.58 bits per heavy atom. The van der Waals surface area contributed by atoms with E-state index in [-0.39, 0.29) is 17.1 Å². The van der Waals surface area contributed by atoms with Crippen molar-refractivity contribution in [3.05, 3.63) is 0 Å². The number of nitrogens with zero attached hydrogens (tertiary/aromatic N) is 3. The molecule has 2 aliphatic carbocycles. The summed E-state index contributed by atoms with van der Waals surface area (Å²) in [7, 11) is 2.67. The van der Waals surface area contributed by atoms with Gasteiger partial charge in [-0.25, -0.2) is 4.79 Å². The van der Waals surface area contributed by atoms with E-state index in [4.69, 9.17) is 0 Å². The first kappa shape index (κ1) is 16.8. The molecule has 2 bridgehead atoms. The molecule has 0 aromatic carbocycles. The quantitative estimate of drug-likeness (QED) is 0.559. The van der Waals surface area contributed by atoms with E-state index in [9.17, 15) is 19.2 Å². The van der Waals surface area contributed by atoms with Crippen LogP contribution in [0.15, 0.2) is 4.99 Å². The van der Waals surface area contributed by atoms with Crippen LogP contribution in [0.5, 0.6) is 0 Å². The van der Waals surface area contributed by atoms with Crippen LogP contribution in [0.2, 0.25) is 0 Å². The summed E-state index contributed by atoms with van der Waals surface area (Å²) in [4.78, 5) is 55.1. The van der Waals surface area contributed by atoms with Crippen LogP contribution in [0.1, 0.15) is 33.6 Å². The number of fused-ring (bicyclic) bond motifs is 2. The molecule has 4 amide bonds. The first-order chi connectivity index (χ1) is 11.0. The Balaban J connectivity index is 1.87. The number of imide groups is 2. The molecule has 1 saturated heterocycles. The van der Waals surface area contributed by atoms with Crippen molar-refractivity contribution in [2.24, 2.45) is 27.7 Å². The Morgan fingerprint density at radius 1 is 1.04 bits per heavy atom. The molecule has 1 heterocycles. The molecule has 0 radical (unpaired) electrons. The number of ketones is 1. The third kappa shape index (κ3) is 1.87. The normalized spacial score (nSPS) is 36.5. The predicted octanol–water partition coefficient (Wildman–Crippen LogP) is 1.12. The molecule has 3 aliphatic rings. The highest BCUT2D eigenvalue weighted by molar-refractivity contribution is 6.23. The van der Waals surface area contributed by atoms with Gasteiger partial charge < -0.3 is 0 Å². The fraction of sp³-hybridized carbons (Fsp3) is 0.706. The molecule has 0 unspecified atom stereocenters. The van der Waals surface area contributed by atoms with E-state index < -0.39 is 35.2 Å². The number of Topliss-reactive ketones (excluding diaryl/α,β-unsaturated/α-hetero) is 1. The van der Waals surface area contributed by atoms with E-state index >= 15 is 0 Å². The number of rotatable bonds is 2. The third-order valence-electron chi connectivity index (χ3n) is 6.66. The topological polar surface area (TPSA) is 87.1 Å². The van der Waals surface area contributed by atoms with Crippen molar-refractivity contribution in [3.63, 3.8) is 0 Å². The van der Waals surface area contributed by atoms with E-state index in [0.717, 1.165) is 22.6 Å². The smallest absolute Gasteiger partial charge is 0.297 e. The van der Waals surface area contributed by atoms with Crippen molar-refractivity contribution in [2.75, 3.05) is 14.1 Å². The molecule has 1 aliphatic heterocycles. The molecule has 3 rings (SSSR count). The maximum absolute atomic E-state index is 12.8. The van der Waals surface area contributed by atoms with Gasteiger partial charge in [0, 0.05) is 25.7 Å². The van der Waals surface area contributed by atoms with Gasteiger partial charge in [-0.15, -0.1) is 0 Å². The lowest BCUT2D eigenvalue weighted by Crippen LogP contribution is -2.57. The number of hydrogen-bond acceptors (Lipinski definition) is 5. The molecule has 3 atom stereocenters. The number of aliphatic imine (C=N–C) groups is 1. The number of carbonyl (C=O) groups excluding carboxylic acids is 4. The van der Waals surface area contributed by atoms with Gasteiger partial charge >= 0.3 is 6.03 Å². The highest BCUT2D eigenvalue weighted by atomic mass is 16.2. The first-order valence-electron chi connectivity index (χ1n) is 8.20. The Morgan fingerprint density at radius 3 is 2.04 bits per heavy atom. The largest absolute Gasteiger partial charge is 0.332 e. The molecule has 7 nitrogen and oxygen atoms in total. The fourth-order valence-electron chi connectivity index (χ4n) is 4.45. The molecule has 0 aromatic rings. The number of carbonyl (C=O) groups is 4. The van der Waals surface area contributed by atoms with Crippen LogP contribution < -0.4 is 0 Å². The predicted molar refractivity (Wildman–Crippen MR) is 86.3 cm³/mol. The van der Waals surface area contributed by atoms with E-state index in [2.05, 4.69) is 18.8 Å². The summed E-state index contributed by atoms with van der Waals surface area (Å²) >= 11 is 0. The summed E-state index contributed by atoms with van der Waals surface area (Å²) in [6.07, 6.45) is 3.05. The second-order valence-corrected chi connectivity index (χ2v) is 7.86. The van der Waals surface area contributed by atoms with Crippen LogP contribution in [0.25, 0.3) is 0 Å². The average Bonchev–Trinajstić information content (AvgIpc) is 2.84. The minimum absolute atomic E-state index is 0.0912. The average molecular weight is 333 g/mol. The highest BCUT2D eigenvalue weighted by Crippen LogP contribution is 2.64. The van der Waals surface area contributed by atoms with Gasteiger partial charge in [-0.05, 0) is 24.2 Å². The van der Waals surface area contributed by atoms with Crippen LogP contribution in [0, 0.1) is 22.7 Å². The summed E-state index contributed by atoms with van der Waals surface area (Å²) in [5.74, 6) is -2.13. The lowest BCUT2D eigenvalue weighted by molar-refractivity contribution is -0.144. The van der Waals surface area contributed by atoms with Crippen molar-refractivity contribution in [1.29, 1.82) is 0 Å². The molecule has 3 fully saturated rings. The van der Waals surface area contributed by atoms with Gasteiger partial charge in [-0.1, -0.05) is 20.8 Å². The zero-order chi connectivity index (χ0) is 18.0. The van der Waals surface area contributed by atoms with Crippen LogP contribution in [-0.4, -0.2) is 59.8 Å². The number of hydrogen-bond donors (Lipinski definition) is 0. The maximum atomic E-state index is 12.8. The van der Waals surface area contributed by atoms with Crippen molar-refractivity contribution in [1.82, 2.24) is 9.80 Å². The van der Waals surface area contributed by atoms with Gasteiger partial charge in [-0.3, -0.25) is 29.2 Å². The molecule has 0 N–H and O–H groups in total. The van der Waals surface area contributed by atoms with E-state index in [1.807, 2.05) is 6.92 Å². The zero-order valence-corrected chi connectivity index (χ0v) is 14.7. The van der Waals surface area contributed by atoms with Crippen LogP contribution in [0.4, 0.5) is 4.79 Å². The molecule has 2 saturated carbocycles. The van der Waals surface area contributed by atoms with E-state index in [1.165, 1.54) is 20.3 Å².